The van der Waals surface area contributed by atoms with Crippen LogP contribution in [0.3, 0.4) is 0 Å². The lowest BCUT2D eigenvalue weighted by atomic mass is 10.1. The lowest BCUT2D eigenvalue weighted by molar-refractivity contribution is -0.130. The summed E-state index contributed by atoms with van der Waals surface area (Å²) >= 11 is 0. The van der Waals surface area contributed by atoms with Crippen LogP contribution in [0.25, 0.3) is 0 Å². The minimum atomic E-state index is 0.170. The third-order valence-corrected chi connectivity index (χ3v) is 2.37. The Labute approximate surface area is 79.2 Å². The molecule has 1 atom stereocenters. The minimum absolute atomic E-state index is 0.170. The molecule has 1 unspecified atom stereocenters. The molecule has 0 aromatic rings. The first-order valence-electron chi connectivity index (χ1n) is 4.72. The van der Waals surface area contributed by atoms with Crippen LogP contribution in [0.15, 0.2) is 0 Å². The highest BCUT2D eigenvalue weighted by molar-refractivity contribution is 5.73. The number of amides is 1. The Morgan fingerprint density at radius 1 is 1.69 bits per heavy atom. The van der Waals surface area contributed by atoms with Gasteiger partial charge in [-0.15, -0.1) is 0 Å². The van der Waals surface area contributed by atoms with Gasteiger partial charge in [0.2, 0.25) is 5.91 Å². The highest BCUT2D eigenvalue weighted by atomic mass is 16.5. The van der Waals surface area contributed by atoms with Crippen LogP contribution >= 0.6 is 0 Å². The number of hydrogen-bond acceptors (Lipinski definition) is 3. The van der Waals surface area contributed by atoms with Crippen LogP contribution in [0.2, 0.25) is 0 Å². The molecule has 1 aliphatic heterocycles. The average Bonchev–Trinajstić information content (AvgIpc) is 2.15. The van der Waals surface area contributed by atoms with E-state index in [1.807, 2.05) is 4.90 Å². The van der Waals surface area contributed by atoms with Crippen molar-refractivity contribution in [3.05, 3.63) is 0 Å². The maximum Gasteiger partial charge on any atom is 0.219 e. The van der Waals surface area contributed by atoms with Gasteiger partial charge in [-0.2, -0.15) is 0 Å². The number of carbonyl (C=O) groups excluding carboxylic acids is 1. The SMILES string of the molecule is COCCC1CN(C(C)=O)CCN1. The molecule has 0 radical (unpaired) electrons. The van der Waals surface area contributed by atoms with Crippen molar-refractivity contribution in [2.45, 2.75) is 19.4 Å². The summed E-state index contributed by atoms with van der Waals surface area (Å²) in [5, 5.41) is 3.36. The summed E-state index contributed by atoms with van der Waals surface area (Å²) in [7, 11) is 1.70. The second-order valence-corrected chi connectivity index (χ2v) is 3.40. The van der Waals surface area contributed by atoms with Crippen LogP contribution in [0.1, 0.15) is 13.3 Å². The molecule has 76 valence electrons. The predicted molar refractivity (Wildman–Crippen MR) is 50.5 cm³/mol. The molecule has 1 aliphatic rings. The smallest absolute Gasteiger partial charge is 0.219 e. The average molecular weight is 186 g/mol. The predicted octanol–water partition coefficient (Wildman–Crippen LogP) is -0.157. The molecule has 0 saturated carbocycles. The van der Waals surface area contributed by atoms with Crippen LogP contribution < -0.4 is 5.32 Å². The van der Waals surface area contributed by atoms with Crippen molar-refractivity contribution in [1.82, 2.24) is 10.2 Å². The number of rotatable bonds is 3. The first-order valence-corrected chi connectivity index (χ1v) is 4.72. The van der Waals surface area contributed by atoms with E-state index in [1.54, 1.807) is 14.0 Å². The first kappa shape index (κ1) is 10.5. The fourth-order valence-corrected chi connectivity index (χ4v) is 1.56. The van der Waals surface area contributed by atoms with Crippen molar-refractivity contribution in [3.8, 4) is 0 Å². The Kier molecular flexibility index (Phi) is 4.18. The fraction of sp³-hybridized carbons (Fsp3) is 0.889. The number of hydrogen-bond donors (Lipinski definition) is 1. The zero-order chi connectivity index (χ0) is 9.68. The van der Waals surface area contributed by atoms with Gasteiger partial charge in [-0.3, -0.25) is 4.79 Å². The molecule has 1 saturated heterocycles. The normalized spacial score (nSPS) is 23.2. The topological polar surface area (TPSA) is 41.6 Å². The molecular weight excluding hydrogens is 168 g/mol. The minimum Gasteiger partial charge on any atom is -0.385 e. The number of methoxy groups -OCH3 is 1. The van der Waals surface area contributed by atoms with Gasteiger partial charge in [0, 0.05) is 46.3 Å². The zero-order valence-corrected chi connectivity index (χ0v) is 8.38. The molecule has 1 N–H and O–H groups in total. The Morgan fingerprint density at radius 2 is 2.46 bits per heavy atom. The summed E-state index contributed by atoms with van der Waals surface area (Å²) in [6.07, 6.45) is 0.972. The Balaban J connectivity index is 2.29. The molecule has 1 fully saturated rings. The Morgan fingerprint density at radius 3 is 3.08 bits per heavy atom. The molecule has 0 spiro atoms. The van der Waals surface area contributed by atoms with Crippen LogP contribution in [0.5, 0.6) is 0 Å². The van der Waals surface area contributed by atoms with E-state index >= 15 is 0 Å². The largest absolute Gasteiger partial charge is 0.385 e. The summed E-state index contributed by atoms with van der Waals surface area (Å²) in [6.45, 7) is 4.92. The van der Waals surface area contributed by atoms with E-state index in [-0.39, 0.29) is 5.91 Å². The third-order valence-electron chi connectivity index (χ3n) is 2.37. The van der Waals surface area contributed by atoms with Crippen molar-refractivity contribution in [3.63, 3.8) is 0 Å². The third kappa shape index (κ3) is 3.32. The highest BCUT2D eigenvalue weighted by Gasteiger charge is 2.20. The van der Waals surface area contributed by atoms with Gasteiger partial charge in [-0.1, -0.05) is 0 Å². The van der Waals surface area contributed by atoms with Gasteiger partial charge < -0.3 is 15.0 Å². The maximum atomic E-state index is 11.1. The van der Waals surface area contributed by atoms with Gasteiger partial charge in [0.15, 0.2) is 0 Å². The van der Waals surface area contributed by atoms with E-state index < -0.39 is 0 Å². The maximum absolute atomic E-state index is 11.1. The molecule has 0 aromatic heterocycles. The van der Waals surface area contributed by atoms with Gasteiger partial charge in [0.05, 0.1) is 0 Å². The number of carbonyl (C=O) groups is 1. The molecule has 1 heterocycles. The summed E-state index contributed by atoms with van der Waals surface area (Å²) in [6, 6.07) is 0.401. The van der Waals surface area contributed by atoms with E-state index in [2.05, 4.69) is 5.32 Å². The van der Waals surface area contributed by atoms with Crippen molar-refractivity contribution >= 4 is 5.91 Å². The summed E-state index contributed by atoms with van der Waals surface area (Å²) in [5.41, 5.74) is 0. The van der Waals surface area contributed by atoms with Crippen molar-refractivity contribution in [1.29, 1.82) is 0 Å². The zero-order valence-electron chi connectivity index (χ0n) is 8.38. The quantitative estimate of drug-likeness (QED) is 0.666. The van der Waals surface area contributed by atoms with E-state index in [4.69, 9.17) is 4.74 Å². The van der Waals surface area contributed by atoms with E-state index in [0.717, 1.165) is 32.7 Å². The number of ether oxygens (including phenoxy) is 1. The standard InChI is InChI=1S/C9H18N2O2/c1-8(12)11-5-4-10-9(7-11)3-6-13-2/h9-10H,3-7H2,1-2H3. The van der Waals surface area contributed by atoms with Crippen LogP contribution in [0.4, 0.5) is 0 Å². The summed E-state index contributed by atoms with van der Waals surface area (Å²) in [4.78, 5) is 13.0. The summed E-state index contributed by atoms with van der Waals surface area (Å²) < 4.78 is 5.00. The second-order valence-electron chi connectivity index (χ2n) is 3.40. The van der Waals surface area contributed by atoms with Gasteiger partial charge in [-0.25, -0.2) is 0 Å². The molecule has 1 rings (SSSR count). The van der Waals surface area contributed by atoms with Gasteiger partial charge in [-0.05, 0) is 6.42 Å². The van der Waals surface area contributed by atoms with Crippen molar-refractivity contribution in [2.24, 2.45) is 0 Å². The molecule has 0 bridgehead atoms. The molecule has 0 aromatic carbocycles. The molecular formula is C9H18N2O2. The second kappa shape index (κ2) is 5.19. The molecule has 4 nitrogen and oxygen atoms in total. The lowest BCUT2D eigenvalue weighted by Crippen LogP contribution is -2.52. The number of nitrogens with zero attached hydrogens (tertiary/aromatic N) is 1. The van der Waals surface area contributed by atoms with Crippen molar-refractivity contribution < 1.29 is 9.53 Å². The molecule has 13 heavy (non-hydrogen) atoms. The van der Waals surface area contributed by atoms with Crippen molar-refractivity contribution in [2.75, 3.05) is 33.4 Å². The molecule has 4 heteroatoms. The van der Waals surface area contributed by atoms with Gasteiger partial charge >= 0.3 is 0 Å². The van der Waals surface area contributed by atoms with Gasteiger partial charge in [0.25, 0.3) is 0 Å². The van der Waals surface area contributed by atoms with E-state index in [9.17, 15) is 4.79 Å². The van der Waals surface area contributed by atoms with E-state index in [0.29, 0.717) is 6.04 Å². The monoisotopic (exact) mass is 186 g/mol. The Bertz CT molecular complexity index is 173. The first-order chi connectivity index (χ1) is 6.24. The van der Waals surface area contributed by atoms with Crippen LogP contribution in [-0.2, 0) is 9.53 Å². The number of piperazine rings is 1. The highest BCUT2D eigenvalue weighted by Crippen LogP contribution is 2.02. The molecule has 0 aliphatic carbocycles. The van der Waals surface area contributed by atoms with Crippen LogP contribution in [-0.4, -0.2) is 50.2 Å². The lowest BCUT2D eigenvalue weighted by Gasteiger charge is -2.32. The van der Waals surface area contributed by atoms with Gasteiger partial charge in [0.1, 0.15) is 0 Å². The van der Waals surface area contributed by atoms with E-state index in [1.165, 1.54) is 0 Å². The summed E-state index contributed by atoms with van der Waals surface area (Å²) in [5.74, 6) is 0.170. The number of nitrogens with one attached hydrogen (secondary N) is 1. The fourth-order valence-electron chi connectivity index (χ4n) is 1.56. The molecule has 1 amide bonds. The Hall–Kier alpha value is -0.610. The van der Waals surface area contributed by atoms with Crippen LogP contribution in [0, 0.1) is 0 Å².